The van der Waals surface area contributed by atoms with Crippen LogP contribution in [-0.4, -0.2) is 40.9 Å². The minimum absolute atomic E-state index is 0.0522. The second-order valence-corrected chi connectivity index (χ2v) is 8.44. The maximum absolute atomic E-state index is 12.4. The molecule has 7 nitrogen and oxygen atoms in total. The van der Waals surface area contributed by atoms with Gasteiger partial charge in [0.05, 0.1) is 19.6 Å². The molecule has 0 bridgehead atoms. The molecule has 3 aromatic rings. The average Bonchev–Trinajstić information content (AvgIpc) is 2.81. The van der Waals surface area contributed by atoms with Crippen molar-refractivity contribution in [2.24, 2.45) is 0 Å². The lowest BCUT2D eigenvalue weighted by molar-refractivity contribution is -0.120. The van der Waals surface area contributed by atoms with Crippen LogP contribution in [0.15, 0.2) is 66.7 Å². The predicted octanol–water partition coefficient (Wildman–Crippen LogP) is 3.22. The zero-order valence-corrected chi connectivity index (χ0v) is 19.5. The molecule has 0 saturated heterocycles. The molecule has 0 aliphatic carbocycles. The number of aliphatic hydroxyl groups excluding tert-OH is 1. The number of ether oxygens (including phenoxy) is 1. The Morgan fingerprint density at radius 3 is 2.35 bits per heavy atom. The lowest BCUT2D eigenvalue weighted by atomic mass is 10.0. The molecular formula is C27H32N2O5. The van der Waals surface area contributed by atoms with Crippen LogP contribution in [0.5, 0.6) is 17.2 Å². The van der Waals surface area contributed by atoms with Gasteiger partial charge in [-0.3, -0.25) is 4.79 Å². The van der Waals surface area contributed by atoms with Crippen LogP contribution in [0, 0.1) is 0 Å². The summed E-state index contributed by atoms with van der Waals surface area (Å²) in [4.78, 5) is 12.4. The molecule has 0 fully saturated rings. The van der Waals surface area contributed by atoms with E-state index in [2.05, 4.69) is 10.6 Å². The molecular weight excluding hydrogens is 432 g/mol. The summed E-state index contributed by atoms with van der Waals surface area (Å²) in [5.41, 5.74) is 3.44. The van der Waals surface area contributed by atoms with Crippen LogP contribution in [-0.2, 0) is 24.2 Å². The number of carbonyl (C=O) groups is 1. The Morgan fingerprint density at radius 1 is 0.941 bits per heavy atom. The van der Waals surface area contributed by atoms with Crippen molar-refractivity contribution in [3.63, 3.8) is 0 Å². The van der Waals surface area contributed by atoms with Gasteiger partial charge in [0.15, 0.2) is 0 Å². The summed E-state index contributed by atoms with van der Waals surface area (Å²) < 4.78 is 5.21. The van der Waals surface area contributed by atoms with Crippen molar-refractivity contribution in [2.75, 3.05) is 13.7 Å². The van der Waals surface area contributed by atoms with Crippen LogP contribution < -0.4 is 15.4 Å². The topological polar surface area (TPSA) is 111 Å². The van der Waals surface area contributed by atoms with E-state index in [-0.39, 0.29) is 30.0 Å². The highest BCUT2D eigenvalue weighted by molar-refractivity contribution is 5.78. The van der Waals surface area contributed by atoms with Crippen LogP contribution >= 0.6 is 0 Å². The molecule has 0 spiro atoms. The molecule has 0 aromatic heterocycles. The summed E-state index contributed by atoms with van der Waals surface area (Å²) in [5, 5.41) is 35.8. The summed E-state index contributed by atoms with van der Waals surface area (Å²) >= 11 is 0. The maximum atomic E-state index is 12.4. The Labute approximate surface area is 200 Å². The molecule has 0 radical (unpaired) electrons. The van der Waals surface area contributed by atoms with E-state index in [0.29, 0.717) is 18.5 Å². The standard InChI is InChI=1S/C27H32N2O5/c1-18(28-17-26(32)22-13-23(30)15-24(31)14-22)9-19-5-3-6-20(10-19)12-27(33)29-16-21-7-4-8-25(11-21)34-2/h3-8,10-11,13-15,18,26,28,30-32H,9,12,16-17H2,1-2H3,(H,29,33). The van der Waals surface area contributed by atoms with Crippen molar-refractivity contribution in [2.45, 2.75) is 38.5 Å². The Balaban J connectivity index is 1.47. The van der Waals surface area contributed by atoms with Gasteiger partial charge in [0.2, 0.25) is 5.91 Å². The molecule has 2 unspecified atom stereocenters. The largest absolute Gasteiger partial charge is 0.508 e. The minimum atomic E-state index is -0.861. The summed E-state index contributed by atoms with van der Waals surface area (Å²) in [7, 11) is 1.61. The SMILES string of the molecule is COc1cccc(CNC(=O)Cc2cccc(CC(C)NCC(O)c3cc(O)cc(O)c3)c2)c1. The van der Waals surface area contributed by atoms with Crippen molar-refractivity contribution >= 4 is 5.91 Å². The monoisotopic (exact) mass is 464 g/mol. The fraction of sp³-hybridized carbons (Fsp3) is 0.296. The smallest absolute Gasteiger partial charge is 0.224 e. The van der Waals surface area contributed by atoms with Crippen molar-refractivity contribution in [1.82, 2.24) is 10.6 Å². The molecule has 0 saturated carbocycles. The number of nitrogens with one attached hydrogen (secondary N) is 2. The molecule has 2 atom stereocenters. The third-order valence-electron chi connectivity index (χ3n) is 5.49. The number of aliphatic hydroxyl groups is 1. The van der Waals surface area contributed by atoms with Crippen LogP contribution in [0.2, 0.25) is 0 Å². The van der Waals surface area contributed by atoms with E-state index < -0.39 is 6.10 Å². The number of hydrogen-bond acceptors (Lipinski definition) is 6. The van der Waals surface area contributed by atoms with Gasteiger partial charge in [-0.15, -0.1) is 0 Å². The first-order valence-corrected chi connectivity index (χ1v) is 11.2. The predicted molar refractivity (Wildman–Crippen MR) is 131 cm³/mol. The number of methoxy groups -OCH3 is 1. The normalized spacial score (nSPS) is 12.7. The molecule has 180 valence electrons. The lowest BCUT2D eigenvalue weighted by Crippen LogP contribution is -2.32. The van der Waals surface area contributed by atoms with E-state index in [0.717, 1.165) is 28.9 Å². The quantitative estimate of drug-likeness (QED) is 0.298. The Hall–Kier alpha value is -3.55. The molecule has 5 N–H and O–H groups in total. The summed E-state index contributed by atoms with van der Waals surface area (Å²) in [6.07, 6.45) is 0.149. The van der Waals surface area contributed by atoms with Gasteiger partial charge in [0.1, 0.15) is 17.2 Å². The van der Waals surface area contributed by atoms with Gasteiger partial charge in [0, 0.05) is 25.2 Å². The van der Waals surface area contributed by atoms with Crippen LogP contribution in [0.3, 0.4) is 0 Å². The molecule has 7 heteroatoms. The summed E-state index contributed by atoms with van der Waals surface area (Å²) in [6.45, 7) is 2.73. The van der Waals surface area contributed by atoms with Crippen molar-refractivity contribution in [1.29, 1.82) is 0 Å². The number of carbonyl (C=O) groups excluding carboxylic acids is 1. The number of aromatic hydroxyl groups is 2. The van der Waals surface area contributed by atoms with E-state index in [1.54, 1.807) is 7.11 Å². The van der Waals surface area contributed by atoms with Gasteiger partial charge in [-0.25, -0.2) is 0 Å². The van der Waals surface area contributed by atoms with Crippen molar-refractivity contribution < 1.29 is 24.9 Å². The maximum Gasteiger partial charge on any atom is 0.224 e. The molecule has 0 heterocycles. The first-order chi connectivity index (χ1) is 16.3. The van der Waals surface area contributed by atoms with E-state index >= 15 is 0 Å². The Kier molecular flexibility index (Phi) is 8.90. The Morgan fingerprint density at radius 2 is 1.62 bits per heavy atom. The van der Waals surface area contributed by atoms with Gasteiger partial charge in [0.25, 0.3) is 0 Å². The number of phenols is 2. The van der Waals surface area contributed by atoms with Gasteiger partial charge >= 0.3 is 0 Å². The van der Waals surface area contributed by atoms with E-state index in [4.69, 9.17) is 4.74 Å². The van der Waals surface area contributed by atoms with Crippen LogP contribution in [0.4, 0.5) is 0 Å². The fourth-order valence-electron chi connectivity index (χ4n) is 3.76. The summed E-state index contributed by atoms with van der Waals surface area (Å²) in [5.74, 6) is 0.524. The third-order valence-corrected chi connectivity index (χ3v) is 5.49. The minimum Gasteiger partial charge on any atom is -0.508 e. The highest BCUT2D eigenvalue weighted by Crippen LogP contribution is 2.24. The van der Waals surface area contributed by atoms with E-state index in [9.17, 15) is 20.1 Å². The number of phenolic OH excluding ortho intramolecular Hbond substituents is 2. The van der Waals surface area contributed by atoms with Gasteiger partial charge in [-0.1, -0.05) is 36.4 Å². The van der Waals surface area contributed by atoms with E-state index in [1.165, 1.54) is 18.2 Å². The highest BCUT2D eigenvalue weighted by Gasteiger charge is 2.13. The second kappa shape index (κ2) is 12.1. The number of benzene rings is 3. The zero-order chi connectivity index (χ0) is 24.5. The van der Waals surface area contributed by atoms with Crippen molar-refractivity contribution in [3.8, 4) is 17.2 Å². The van der Waals surface area contributed by atoms with Crippen LogP contribution in [0.1, 0.15) is 35.3 Å². The first kappa shape index (κ1) is 25.1. The number of amides is 1. The molecule has 34 heavy (non-hydrogen) atoms. The molecule has 0 aliphatic heterocycles. The summed E-state index contributed by atoms with van der Waals surface area (Å²) in [6, 6.07) is 19.7. The first-order valence-electron chi connectivity index (χ1n) is 11.2. The van der Waals surface area contributed by atoms with Gasteiger partial charge in [-0.2, -0.15) is 0 Å². The molecule has 1 amide bonds. The lowest BCUT2D eigenvalue weighted by Gasteiger charge is -2.18. The highest BCUT2D eigenvalue weighted by atomic mass is 16.5. The van der Waals surface area contributed by atoms with Gasteiger partial charge < -0.3 is 30.7 Å². The fourth-order valence-corrected chi connectivity index (χ4v) is 3.76. The second-order valence-electron chi connectivity index (χ2n) is 8.44. The van der Waals surface area contributed by atoms with Crippen molar-refractivity contribution in [3.05, 3.63) is 89.0 Å². The Bertz CT molecular complexity index is 1080. The number of hydrogen-bond donors (Lipinski definition) is 5. The molecule has 0 aliphatic rings. The van der Waals surface area contributed by atoms with Gasteiger partial charge in [-0.05, 0) is 59.9 Å². The van der Waals surface area contributed by atoms with Crippen LogP contribution in [0.25, 0.3) is 0 Å². The molecule has 3 rings (SSSR count). The number of rotatable bonds is 11. The molecule has 3 aromatic carbocycles. The third kappa shape index (κ3) is 7.79. The average molecular weight is 465 g/mol. The van der Waals surface area contributed by atoms with E-state index in [1.807, 2.05) is 55.5 Å². The zero-order valence-electron chi connectivity index (χ0n) is 19.5.